The highest BCUT2D eigenvalue weighted by molar-refractivity contribution is 7.16. The van der Waals surface area contributed by atoms with Gasteiger partial charge in [-0.25, -0.2) is 14.4 Å². The fraction of sp³-hybridized carbons (Fsp3) is 0.0625. The monoisotopic (exact) mass is 394 g/mol. The number of aromatic carboxylic acids is 1. The van der Waals surface area contributed by atoms with E-state index in [-0.39, 0.29) is 19.9 Å². The van der Waals surface area contributed by atoms with E-state index in [1.165, 1.54) is 35.6 Å². The van der Waals surface area contributed by atoms with E-state index < -0.39 is 17.9 Å². The van der Waals surface area contributed by atoms with Crippen LogP contribution in [-0.2, 0) is 0 Å². The lowest BCUT2D eigenvalue weighted by Gasteiger charge is -1.99. The molecule has 3 aromatic heterocycles. The molecule has 0 aliphatic rings. The summed E-state index contributed by atoms with van der Waals surface area (Å²) >= 11 is 3.16. The number of aryl methyl sites for hydroxylation is 1. The molecule has 0 aliphatic carbocycles. The van der Waals surface area contributed by atoms with Crippen LogP contribution in [0, 0.1) is 6.92 Å². The van der Waals surface area contributed by atoms with Crippen molar-refractivity contribution in [3.05, 3.63) is 55.9 Å². The van der Waals surface area contributed by atoms with Crippen molar-refractivity contribution in [1.29, 1.82) is 0 Å². The minimum atomic E-state index is -1.08. The van der Waals surface area contributed by atoms with Crippen LogP contribution in [-0.4, -0.2) is 23.0 Å². The molecule has 3 rings (SSSR count). The molecule has 0 fully saturated rings. The van der Waals surface area contributed by atoms with Crippen LogP contribution in [0.5, 0.6) is 10.1 Å². The smallest absolute Gasteiger partial charge is 0.354 e. The van der Waals surface area contributed by atoms with Gasteiger partial charge in [0, 0.05) is 4.88 Å². The summed E-state index contributed by atoms with van der Waals surface area (Å²) in [6, 6.07) is 9.28. The van der Waals surface area contributed by atoms with Gasteiger partial charge in [0.1, 0.15) is 14.6 Å². The molecule has 9 heteroatoms. The topological polar surface area (TPSA) is 89.9 Å². The van der Waals surface area contributed by atoms with Gasteiger partial charge in [-0.3, -0.25) is 0 Å². The first-order valence-electron chi connectivity index (χ1n) is 6.86. The Morgan fingerprint density at radius 3 is 1.72 bits per heavy atom. The summed E-state index contributed by atoms with van der Waals surface area (Å²) in [5.41, 5.74) is 0. The summed E-state index contributed by atoms with van der Waals surface area (Å²) in [6.45, 7) is 1.89. The maximum atomic E-state index is 12.1. The van der Waals surface area contributed by atoms with Gasteiger partial charge >= 0.3 is 17.9 Å². The average molecular weight is 394 g/mol. The maximum absolute atomic E-state index is 12.1. The molecule has 3 aromatic rings. The highest BCUT2D eigenvalue weighted by Gasteiger charge is 2.17. The van der Waals surface area contributed by atoms with Crippen LogP contribution in [0.4, 0.5) is 0 Å². The second kappa shape index (κ2) is 7.18. The third kappa shape index (κ3) is 4.13. The molecule has 0 spiro atoms. The van der Waals surface area contributed by atoms with Gasteiger partial charge in [-0.1, -0.05) is 22.7 Å². The Hall–Kier alpha value is -2.49. The van der Waals surface area contributed by atoms with Crippen LogP contribution in [0.15, 0.2) is 36.4 Å². The molecule has 0 aromatic carbocycles. The fourth-order valence-corrected chi connectivity index (χ4v) is 3.97. The summed E-state index contributed by atoms with van der Waals surface area (Å²) < 4.78 is 10.4. The Labute approximate surface area is 153 Å². The van der Waals surface area contributed by atoms with Crippen molar-refractivity contribution in [2.45, 2.75) is 6.92 Å². The van der Waals surface area contributed by atoms with Crippen molar-refractivity contribution in [1.82, 2.24) is 0 Å². The van der Waals surface area contributed by atoms with Gasteiger partial charge < -0.3 is 14.6 Å². The molecule has 128 valence electrons. The van der Waals surface area contributed by atoms with E-state index >= 15 is 0 Å². The van der Waals surface area contributed by atoms with Crippen molar-refractivity contribution in [3.63, 3.8) is 0 Å². The number of ether oxygens (including phenoxy) is 2. The third-order valence-corrected chi connectivity index (χ3v) is 5.78. The van der Waals surface area contributed by atoms with E-state index in [0.717, 1.165) is 27.6 Å². The lowest BCUT2D eigenvalue weighted by atomic mass is 10.4. The number of carboxylic acid groups (broad SMARTS) is 1. The first-order valence-corrected chi connectivity index (χ1v) is 9.31. The zero-order valence-corrected chi connectivity index (χ0v) is 15.1. The summed E-state index contributed by atoms with van der Waals surface area (Å²) in [7, 11) is 0. The molecule has 6 nitrogen and oxygen atoms in total. The van der Waals surface area contributed by atoms with E-state index in [1.807, 2.05) is 13.0 Å². The SMILES string of the molecule is Cc1ccc(C(=O)Oc2ccc(C(=O)Oc3ccc(C(=O)O)s3)s2)s1. The lowest BCUT2D eigenvalue weighted by molar-refractivity contribution is 0.0698. The number of carboxylic acids is 1. The fourth-order valence-electron chi connectivity index (χ4n) is 1.80. The number of carbonyl (C=O) groups excluding carboxylic acids is 2. The summed E-state index contributed by atoms with van der Waals surface area (Å²) in [5, 5.41) is 9.32. The molecule has 0 radical (unpaired) electrons. The molecule has 0 bridgehead atoms. The number of hydrogen-bond acceptors (Lipinski definition) is 8. The quantitative estimate of drug-likeness (QED) is 0.648. The van der Waals surface area contributed by atoms with Crippen LogP contribution in [0.1, 0.15) is 33.9 Å². The van der Waals surface area contributed by atoms with E-state index in [9.17, 15) is 14.4 Å². The Bertz CT molecular complexity index is 949. The number of thiophene rings is 3. The van der Waals surface area contributed by atoms with Crippen molar-refractivity contribution >= 4 is 51.9 Å². The predicted molar refractivity (Wildman–Crippen MR) is 94.6 cm³/mol. The molecule has 0 aliphatic heterocycles. The molecule has 1 N–H and O–H groups in total. The van der Waals surface area contributed by atoms with Gasteiger partial charge in [-0.15, -0.1) is 11.3 Å². The van der Waals surface area contributed by atoms with Gasteiger partial charge in [-0.05, 0) is 43.3 Å². The molecule has 0 saturated carbocycles. The van der Waals surface area contributed by atoms with Gasteiger partial charge in [0.2, 0.25) is 0 Å². The van der Waals surface area contributed by atoms with Crippen LogP contribution >= 0.6 is 34.0 Å². The number of esters is 2. The highest BCUT2D eigenvalue weighted by atomic mass is 32.1. The first kappa shape index (κ1) is 17.3. The Morgan fingerprint density at radius 1 is 0.760 bits per heavy atom. The predicted octanol–water partition coefficient (Wildman–Crippen LogP) is 4.32. The second-order valence-corrected chi connectivity index (χ2v) is 8.11. The minimum absolute atomic E-state index is 0.0786. The Kier molecular flexibility index (Phi) is 4.98. The van der Waals surface area contributed by atoms with Crippen molar-refractivity contribution in [3.8, 4) is 10.1 Å². The van der Waals surface area contributed by atoms with Crippen molar-refractivity contribution in [2.75, 3.05) is 0 Å². The van der Waals surface area contributed by atoms with E-state index in [0.29, 0.717) is 4.88 Å². The van der Waals surface area contributed by atoms with Crippen molar-refractivity contribution in [2.24, 2.45) is 0 Å². The molecule has 25 heavy (non-hydrogen) atoms. The van der Waals surface area contributed by atoms with Gasteiger partial charge in [0.05, 0.1) is 0 Å². The minimum Gasteiger partial charge on any atom is -0.477 e. The van der Waals surface area contributed by atoms with Gasteiger partial charge in [-0.2, -0.15) is 0 Å². The number of rotatable bonds is 5. The molecule has 3 heterocycles. The van der Waals surface area contributed by atoms with Crippen LogP contribution in [0.25, 0.3) is 0 Å². The zero-order chi connectivity index (χ0) is 18.0. The Balaban J connectivity index is 1.64. The zero-order valence-electron chi connectivity index (χ0n) is 12.7. The lowest BCUT2D eigenvalue weighted by Crippen LogP contribution is -2.06. The van der Waals surface area contributed by atoms with E-state index in [4.69, 9.17) is 14.6 Å². The van der Waals surface area contributed by atoms with Crippen LogP contribution < -0.4 is 9.47 Å². The van der Waals surface area contributed by atoms with Gasteiger partial charge in [0.15, 0.2) is 10.1 Å². The van der Waals surface area contributed by atoms with Crippen molar-refractivity contribution < 1.29 is 29.0 Å². The molecule has 0 unspecified atom stereocenters. The summed E-state index contributed by atoms with van der Waals surface area (Å²) in [4.78, 5) is 36.7. The maximum Gasteiger partial charge on any atom is 0.354 e. The molecule has 0 saturated heterocycles. The average Bonchev–Trinajstić information content (AvgIpc) is 3.27. The largest absolute Gasteiger partial charge is 0.477 e. The first-order chi connectivity index (χ1) is 11.9. The molecule has 0 amide bonds. The standard InChI is InChI=1S/C16H10O6S3/c1-8-2-3-10(23-8)15(19)22-13-7-5-11(25-13)16(20)21-12-6-4-9(24-12)14(17)18/h2-7H,1H3,(H,17,18). The van der Waals surface area contributed by atoms with Gasteiger partial charge in [0.25, 0.3) is 0 Å². The summed E-state index contributed by atoms with van der Waals surface area (Å²) in [6.07, 6.45) is 0. The normalized spacial score (nSPS) is 10.4. The molecular formula is C16H10O6S3. The Morgan fingerprint density at radius 2 is 1.24 bits per heavy atom. The molecule has 0 atom stereocenters. The third-order valence-electron chi connectivity index (χ3n) is 2.90. The summed E-state index contributed by atoms with van der Waals surface area (Å²) in [5.74, 6) is -2.20. The molecular weight excluding hydrogens is 384 g/mol. The number of carbonyl (C=O) groups is 3. The highest BCUT2D eigenvalue weighted by Crippen LogP contribution is 2.29. The second-order valence-electron chi connectivity index (χ2n) is 4.73. The number of hydrogen-bond donors (Lipinski definition) is 1. The van der Waals surface area contributed by atoms with Crippen LogP contribution in [0.3, 0.4) is 0 Å². The van der Waals surface area contributed by atoms with E-state index in [2.05, 4.69) is 0 Å². The van der Waals surface area contributed by atoms with E-state index in [1.54, 1.807) is 6.07 Å². The van der Waals surface area contributed by atoms with Crippen LogP contribution in [0.2, 0.25) is 0 Å².